The topological polar surface area (TPSA) is 15.8 Å². The third-order valence-electron chi connectivity index (χ3n) is 25.0. The Hall–Kier alpha value is -14.0. The Labute approximate surface area is 678 Å². The zero-order chi connectivity index (χ0) is 77.7. The van der Waals surface area contributed by atoms with Crippen LogP contribution in [-0.2, 0) is 10.8 Å². The molecule has 3 aromatic heterocycles. The summed E-state index contributed by atoms with van der Waals surface area (Å²) in [6.45, 7) is 13.7. The molecule has 0 unspecified atom stereocenters. The van der Waals surface area contributed by atoms with Crippen LogP contribution in [-0.4, -0.2) is 15.7 Å². The normalized spacial score (nSPS) is 12.8. The Kier molecular flexibility index (Phi) is 15.9. The highest BCUT2D eigenvalue weighted by Crippen LogP contribution is 2.52. The lowest BCUT2D eigenvalue weighted by Crippen LogP contribution is -2.61. The molecule has 0 fully saturated rings. The van der Waals surface area contributed by atoms with Crippen LogP contribution in [0.5, 0.6) is 0 Å². The number of hydrogen-bond acceptors (Lipinski definition) is 2. The minimum Gasteiger partial charge on any atom is -0.311 e. The number of para-hydroxylation sites is 4. The molecule has 0 spiro atoms. The minimum absolute atomic E-state index is 0.0272. The smallest absolute Gasteiger partial charge is 0.252 e. The van der Waals surface area contributed by atoms with E-state index in [2.05, 4.69) is 449 Å². The van der Waals surface area contributed by atoms with Gasteiger partial charge in [-0.3, -0.25) is 0 Å². The van der Waals surface area contributed by atoms with E-state index in [1.54, 1.807) is 0 Å². The van der Waals surface area contributed by atoms with Gasteiger partial charge in [0.2, 0.25) is 0 Å². The van der Waals surface area contributed by atoms with Gasteiger partial charge in [0.25, 0.3) is 6.71 Å². The maximum atomic E-state index is 2.68. The van der Waals surface area contributed by atoms with Gasteiger partial charge in [0.05, 0.1) is 27.6 Å². The standard InChI is InChI=1S/C111H83BN4/c1-110(2,3)86-51-43-75(44-52-86)107(76-45-53-87(54-46-76)111(4,5)6)80-48-56-98-104(68-80)115(90-63-83(73-31-16-9-17-32-73)60-84(64-90)74-33-18-10-19-34-74)106-70-85(78-50-58-102-96(66-78)94-40-26-39-93-91-37-22-25-42-100(91)116(102)109(93)94)69-105-108(106)112(98)97-55-47-79(77-49-57-101-95(65-77)92-38-23-24-41-99(92)113(101)88-35-20-11-21-36-88)67-103(97)114(105)89-61-81(71-27-12-7-13-28-71)59-82(62-89)72-29-14-8-15-30-72/h7-70,107H,1-6H3. The molecule has 0 amide bonds. The number of fused-ring (bicyclic) bond motifs is 13. The summed E-state index contributed by atoms with van der Waals surface area (Å²) in [5.74, 6) is -0.122. The molecular weight excluding hydrogens is 1400 g/mol. The van der Waals surface area contributed by atoms with E-state index < -0.39 is 0 Å². The van der Waals surface area contributed by atoms with Crippen molar-refractivity contribution in [2.24, 2.45) is 0 Å². The Balaban J connectivity index is 0.865. The van der Waals surface area contributed by atoms with E-state index in [1.807, 2.05) is 0 Å². The second-order valence-corrected chi connectivity index (χ2v) is 34.0. The Bertz CT molecular complexity index is 7080. The van der Waals surface area contributed by atoms with E-state index in [9.17, 15) is 0 Å². The zero-order valence-corrected chi connectivity index (χ0v) is 65.9. The Morgan fingerprint density at radius 3 is 1.09 bits per heavy atom. The SMILES string of the molecule is CC(C)(C)c1ccc(C(c2ccc(C(C)(C)C)cc2)c2ccc3c(c2)N(c2cc(-c4ccccc4)cc(-c4ccccc4)c2)c2cc(-c4ccc5c(c4)c4cccc6c7ccccc7n5c64)cc4c2B3c2ccc(-c3ccc5c(c3)c3ccccc3n5-c3ccccc3)cc2N4c2cc(-c3ccccc3)cc(-c3ccccc3)c2)cc1. The van der Waals surface area contributed by atoms with Gasteiger partial charge in [0, 0.05) is 78.0 Å². The highest BCUT2D eigenvalue weighted by atomic mass is 15.2. The van der Waals surface area contributed by atoms with Gasteiger partial charge >= 0.3 is 0 Å². The molecule has 2 aliphatic heterocycles. The van der Waals surface area contributed by atoms with Gasteiger partial charge in [-0.1, -0.05) is 321 Å². The van der Waals surface area contributed by atoms with E-state index >= 15 is 0 Å². The minimum atomic E-state index is -0.245. The summed E-state index contributed by atoms with van der Waals surface area (Å²) in [5, 5.41) is 7.45. The van der Waals surface area contributed by atoms with E-state index in [-0.39, 0.29) is 23.5 Å². The average Bonchev–Trinajstić information content (AvgIpc) is 1.23. The van der Waals surface area contributed by atoms with Crippen molar-refractivity contribution in [2.75, 3.05) is 9.80 Å². The molecule has 0 bridgehead atoms. The number of hydrogen-bond donors (Lipinski definition) is 0. The quantitative estimate of drug-likeness (QED) is 0.0895. The van der Waals surface area contributed by atoms with Gasteiger partial charge in [0.15, 0.2) is 0 Å². The second-order valence-electron chi connectivity index (χ2n) is 34.0. The summed E-state index contributed by atoms with van der Waals surface area (Å²) in [4.78, 5) is 5.34. The molecule has 22 rings (SSSR count). The molecule has 116 heavy (non-hydrogen) atoms. The van der Waals surface area contributed by atoms with Gasteiger partial charge in [-0.25, -0.2) is 0 Å². The fraction of sp³-hybridized carbons (Fsp3) is 0.0811. The van der Waals surface area contributed by atoms with Crippen LogP contribution in [0, 0.1) is 0 Å². The van der Waals surface area contributed by atoms with Crippen LogP contribution < -0.4 is 26.2 Å². The molecule has 5 heterocycles. The van der Waals surface area contributed by atoms with Crippen molar-refractivity contribution in [3.8, 4) is 72.4 Å². The van der Waals surface area contributed by atoms with E-state index in [0.29, 0.717) is 0 Å². The summed E-state index contributed by atoms with van der Waals surface area (Å²) < 4.78 is 4.93. The first-order valence-corrected chi connectivity index (χ1v) is 40.8. The van der Waals surface area contributed by atoms with Gasteiger partial charge in [-0.15, -0.1) is 0 Å². The number of anilines is 6. The molecule has 0 aliphatic carbocycles. The fourth-order valence-corrected chi connectivity index (χ4v) is 19.3. The van der Waals surface area contributed by atoms with E-state index in [4.69, 9.17) is 0 Å². The summed E-state index contributed by atoms with van der Waals surface area (Å²) >= 11 is 0. The third-order valence-corrected chi connectivity index (χ3v) is 25.0. The molecule has 2 aliphatic rings. The van der Waals surface area contributed by atoms with Crippen molar-refractivity contribution >= 4 is 117 Å². The summed E-state index contributed by atoms with van der Waals surface area (Å²) in [5.41, 5.74) is 37.5. The molecule has 17 aromatic carbocycles. The van der Waals surface area contributed by atoms with Crippen LogP contribution in [0.4, 0.5) is 34.1 Å². The van der Waals surface area contributed by atoms with E-state index in [1.165, 1.54) is 104 Å². The lowest BCUT2D eigenvalue weighted by molar-refractivity contribution is 0.589. The van der Waals surface area contributed by atoms with Crippen LogP contribution in [0.3, 0.4) is 0 Å². The van der Waals surface area contributed by atoms with E-state index in [0.717, 1.165) is 107 Å². The summed E-state index contributed by atoms with van der Waals surface area (Å²) in [6.07, 6.45) is 0. The molecule has 4 nitrogen and oxygen atoms in total. The van der Waals surface area contributed by atoms with Crippen LogP contribution in [0.2, 0.25) is 0 Å². The van der Waals surface area contributed by atoms with Gasteiger partial charge < -0.3 is 18.8 Å². The number of rotatable bonds is 12. The van der Waals surface area contributed by atoms with Crippen molar-refractivity contribution in [2.45, 2.75) is 58.3 Å². The lowest BCUT2D eigenvalue weighted by atomic mass is 9.33. The van der Waals surface area contributed by atoms with Crippen molar-refractivity contribution in [3.05, 3.63) is 416 Å². The number of aromatic nitrogens is 2. The van der Waals surface area contributed by atoms with Crippen molar-refractivity contribution in [3.63, 3.8) is 0 Å². The van der Waals surface area contributed by atoms with Crippen LogP contribution in [0.1, 0.15) is 75.3 Å². The highest BCUT2D eigenvalue weighted by Gasteiger charge is 2.45. The Morgan fingerprint density at radius 1 is 0.233 bits per heavy atom. The second kappa shape index (κ2) is 26.8. The van der Waals surface area contributed by atoms with Gasteiger partial charge in [-0.05, 0) is 231 Å². The molecule has 0 saturated heterocycles. The van der Waals surface area contributed by atoms with Crippen molar-refractivity contribution in [1.82, 2.24) is 8.97 Å². The maximum Gasteiger partial charge on any atom is 0.252 e. The molecule has 550 valence electrons. The first-order chi connectivity index (χ1) is 56.8. The molecule has 5 heteroatoms. The van der Waals surface area contributed by atoms with Crippen molar-refractivity contribution in [1.29, 1.82) is 0 Å². The van der Waals surface area contributed by atoms with Crippen LogP contribution >= 0.6 is 0 Å². The molecule has 20 aromatic rings. The lowest BCUT2D eigenvalue weighted by Gasteiger charge is -2.45. The maximum absolute atomic E-state index is 2.68. The molecule has 0 atom stereocenters. The highest BCUT2D eigenvalue weighted by molar-refractivity contribution is 7.00. The fourth-order valence-electron chi connectivity index (χ4n) is 19.3. The van der Waals surface area contributed by atoms with Crippen LogP contribution in [0.15, 0.2) is 388 Å². The third kappa shape index (κ3) is 11.3. The Morgan fingerprint density at radius 2 is 0.586 bits per heavy atom. The first kappa shape index (κ1) is 68.8. The molecule has 0 N–H and O–H groups in total. The predicted octanol–water partition coefficient (Wildman–Crippen LogP) is 27.8. The van der Waals surface area contributed by atoms with Crippen molar-refractivity contribution < 1.29 is 0 Å². The average molecular weight is 1480 g/mol. The molecule has 0 saturated carbocycles. The summed E-state index contributed by atoms with van der Waals surface area (Å²) in [7, 11) is 0. The summed E-state index contributed by atoms with van der Waals surface area (Å²) in [6, 6.07) is 148. The largest absolute Gasteiger partial charge is 0.311 e. The predicted molar refractivity (Wildman–Crippen MR) is 493 cm³/mol. The zero-order valence-electron chi connectivity index (χ0n) is 65.9. The monoisotopic (exact) mass is 1480 g/mol. The van der Waals surface area contributed by atoms with Gasteiger partial charge in [-0.2, -0.15) is 0 Å². The number of benzene rings is 17. The van der Waals surface area contributed by atoms with Crippen LogP contribution in [0.25, 0.3) is 132 Å². The first-order valence-electron chi connectivity index (χ1n) is 40.8. The molecular formula is C111H83BN4. The van der Waals surface area contributed by atoms with Gasteiger partial charge in [0.1, 0.15) is 0 Å². The molecule has 0 radical (unpaired) electrons. The number of nitrogens with zero attached hydrogens (tertiary/aromatic N) is 4.